The standard InChI is InChI=1S/C14H17ClN2O4/c1-8-6-10(11(21-2)7-9(8)15)16-13(20)17-14(12(18)19)4-3-5-14/h6-7H,3-5H2,1-2H3,(H,18,19)(H2,16,17,20). The lowest BCUT2D eigenvalue weighted by atomic mass is 9.77. The van der Waals surface area contributed by atoms with E-state index in [0.29, 0.717) is 29.3 Å². The highest BCUT2D eigenvalue weighted by molar-refractivity contribution is 6.31. The van der Waals surface area contributed by atoms with Gasteiger partial charge < -0.3 is 20.5 Å². The smallest absolute Gasteiger partial charge is 0.329 e. The molecule has 3 N–H and O–H groups in total. The van der Waals surface area contributed by atoms with Crippen LogP contribution in [0.25, 0.3) is 0 Å². The molecule has 0 bridgehead atoms. The highest BCUT2D eigenvalue weighted by Gasteiger charge is 2.45. The van der Waals surface area contributed by atoms with E-state index in [4.69, 9.17) is 16.3 Å². The van der Waals surface area contributed by atoms with Crippen LogP contribution >= 0.6 is 11.6 Å². The molecule has 2 amide bonds. The van der Waals surface area contributed by atoms with Gasteiger partial charge in [-0.05, 0) is 37.8 Å². The van der Waals surface area contributed by atoms with Crippen LogP contribution in [0.15, 0.2) is 12.1 Å². The van der Waals surface area contributed by atoms with E-state index >= 15 is 0 Å². The summed E-state index contributed by atoms with van der Waals surface area (Å²) >= 11 is 5.99. The second-order valence-electron chi connectivity index (χ2n) is 5.12. The topological polar surface area (TPSA) is 87.7 Å². The molecule has 0 unspecified atom stereocenters. The monoisotopic (exact) mass is 312 g/mol. The van der Waals surface area contributed by atoms with E-state index in [2.05, 4.69) is 10.6 Å². The summed E-state index contributed by atoms with van der Waals surface area (Å²) < 4.78 is 5.16. The molecule has 1 aliphatic rings. The van der Waals surface area contributed by atoms with Crippen LogP contribution < -0.4 is 15.4 Å². The normalized spacial score (nSPS) is 15.8. The lowest BCUT2D eigenvalue weighted by molar-refractivity contribution is -0.148. The first-order valence-electron chi connectivity index (χ1n) is 6.55. The predicted molar refractivity (Wildman–Crippen MR) is 79.1 cm³/mol. The molecule has 1 aliphatic carbocycles. The minimum absolute atomic E-state index is 0.415. The van der Waals surface area contributed by atoms with E-state index in [1.54, 1.807) is 19.1 Å². The van der Waals surface area contributed by atoms with E-state index in [9.17, 15) is 14.7 Å². The van der Waals surface area contributed by atoms with Gasteiger partial charge in [0.1, 0.15) is 11.3 Å². The van der Waals surface area contributed by atoms with Gasteiger partial charge in [-0.2, -0.15) is 0 Å². The number of aryl methyl sites for hydroxylation is 1. The minimum atomic E-state index is -1.15. The van der Waals surface area contributed by atoms with Gasteiger partial charge in [0.15, 0.2) is 0 Å². The molecular formula is C14H17ClN2O4. The molecule has 0 atom stereocenters. The Hall–Kier alpha value is -1.95. The number of anilines is 1. The van der Waals surface area contributed by atoms with Gasteiger partial charge in [0.2, 0.25) is 0 Å². The lowest BCUT2D eigenvalue weighted by Gasteiger charge is -2.38. The predicted octanol–water partition coefficient (Wildman–Crippen LogP) is 2.79. The van der Waals surface area contributed by atoms with Crippen LogP contribution in [-0.2, 0) is 4.79 Å². The van der Waals surface area contributed by atoms with Gasteiger partial charge in [-0.15, -0.1) is 0 Å². The number of carbonyl (C=O) groups excluding carboxylic acids is 1. The van der Waals surface area contributed by atoms with Crippen LogP contribution in [-0.4, -0.2) is 29.8 Å². The number of methoxy groups -OCH3 is 1. The molecule has 0 radical (unpaired) electrons. The number of carbonyl (C=O) groups is 2. The summed E-state index contributed by atoms with van der Waals surface area (Å²) in [6.07, 6.45) is 1.66. The molecule has 0 aromatic heterocycles. The van der Waals surface area contributed by atoms with E-state index in [0.717, 1.165) is 12.0 Å². The summed E-state index contributed by atoms with van der Waals surface area (Å²) in [5.41, 5.74) is 0.0693. The molecule has 1 aromatic rings. The Morgan fingerprint density at radius 1 is 1.38 bits per heavy atom. The first-order valence-corrected chi connectivity index (χ1v) is 6.92. The fourth-order valence-corrected chi connectivity index (χ4v) is 2.38. The Morgan fingerprint density at radius 2 is 2.05 bits per heavy atom. The first kappa shape index (κ1) is 15.4. The molecular weight excluding hydrogens is 296 g/mol. The number of urea groups is 1. The summed E-state index contributed by atoms with van der Waals surface area (Å²) in [6.45, 7) is 1.80. The summed E-state index contributed by atoms with van der Waals surface area (Å²) in [7, 11) is 1.47. The quantitative estimate of drug-likeness (QED) is 0.797. The van der Waals surface area contributed by atoms with Crippen molar-refractivity contribution >= 4 is 29.3 Å². The Bertz CT molecular complexity index is 585. The van der Waals surface area contributed by atoms with Gasteiger partial charge in [0.25, 0.3) is 0 Å². The maximum Gasteiger partial charge on any atom is 0.329 e. The third kappa shape index (κ3) is 3.05. The van der Waals surface area contributed by atoms with Crippen molar-refractivity contribution in [3.63, 3.8) is 0 Å². The molecule has 1 fully saturated rings. The zero-order valence-electron chi connectivity index (χ0n) is 11.8. The number of hydrogen-bond acceptors (Lipinski definition) is 3. The number of benzene rings is 1. The van der Waals surface area contributed by atoms with Crippen LogP contribution in [0.5, 0.6) is 5.75 Å². The Kier molecular flexibility index (Phi) is 4.27. The Labute approximate surface area is 127 Å². The molecule has 0 saturated heterocycles. The third-order valence-corrected chi connectivity index (χ3v) is 4.11. The van der Waals surface area contributed by atoms with Crippen molar-refractivity contribution in [1.82, 2.24) is 5.32 Å². The zero-order chi connectivity index (χ0) is 15.6. The van der Waals surface area contributed by atoms with Crippen LogP contribution in [0.2, 0.25) is 5.02 Å². The van der Waals surface area contributed by atoms with Crippen molar-refractivity contribution in [3.8, 4) is 5.75 Å². The first-order chi connectivity index (χ1) is 9.88. The fourth-order valence-electron chi connectivity index (χ4n) is 2.22. The number of halogens is 1. The Morgan fingerprint density at radius 3 is 2.52 bits per heavy atom. The second-order valence-corrected chi connectivity index (χ2v) is 5.53. The minimum Gasteiger partial charge on any atom is -0.495 e. The molecule has 0 aliphatic heterocycles. The third-order valence-electron chi connectivity index (χ3n) is 3.70. The maximum absolute atomic E-state index is 12.0. The highest BCUT2D eigenvalue weighted by atomic mass is 35.5. The van der Waals surface area contributed by atoms with Crippen molar-refractivity contribution in [2.24, 2.45) is 0 Å². The van der Waals surface area contributed by atoms with Gasteiger partial charge in [-0.25, -0.2) is 9.59 Å². The van der Waals surface area contributed by atoms with Crippen LogP contribution in [0.4, 0.5) is 10.5 Å². The number of amides is 2. The van der Waals surface area contributed by atoms with Crippen LogP contribution in [0.3, 0.4) is 0 Å². The van der Waals surface area contributed by atoms with E-state index in [1.165, 1.54) is 7.11 Å². The van der Waals surface area contributed by atoms with Gasteiger partial charge in [-0.1, -0.05) is 11.6 Å². The van der Waals surface area contributed by atoms with E-state index in [1.807, 2.05) is 0 Å². The number of hydrogen-bond donors (Lipinski definition) is 3. The SMILES string of the molecule is COc1cc(Cl)c(C)cc1NC(=O)NC1(C(=O)O)CCC1. The number of ether oxygens (including phenoxy) is 1. The van der Waals surface area contributed by atoms with Crippen molar-refractivity contribution in [3.05, 3.63) is 22.7 Å². The number of rotatable bonds is 4. The van der Waals surface area contributed by atoms with Gasteiger partial charge in [0, 0.05) is 11.1 Å². The average molecular weight is 313 g/mol. The lowest BCUT2D eigenvalue weighted by Crippen LogP contribution is -2.60. The number of carboxylic acid groups (broad SMARTS) is 1. The van der Waals surface area contributed by atoms with Gasteiger partial charge in [0.05, 0.1) is 12.8 Å². The second kappa shape index (κ2) is 5.81. The fraction of sp³-hybridized carbons (Fsp3) is 0.429. The van der Waals surface area contributed by atoms with E-state index in [-0.39, 0.29) is 0 Å². The maximum atomic E-state index is 12.0. The van der Waals surface area contributed by atoms with E-state index < -0.39 is 17.5 Å². The summed E-state index contributed by atoms with van der Waals surface area (Å²) in [5, 5.41) is 14.9. The summed E-state index contributed by atoms with van der Waals surface area (Å²) in [4.78, 5) is 23.2. The number of nitrogens with one attached hydrogen (secondary N) is 2. The van der Waals surface area contributed by atoms with Crippen molar-refractivity contribution < 1.29 is 19.4 Å². The molecule has 114 valence electrons. The van der Waals surface area contributed by atoms with Crippen molar-refractivity contribution in [1.29, 1.82) is 0 Å². The summed E-state index contributed by atoms with van der Waals surface area (Å²) in [5.74, 6) is -0.595. The van der Waals surface area contributed by atoms with Crippen molar-refractivity contribution in [2.75, 3.05) is 12.4 Å². The zero-order valence-corrected chi connectivity index (χ0v) is 12.6. The van der Waals surface area contributed by atoms with Crippen LogP contribution in [0.1, 0.15) is 24.8 Å². The molecule has 7 heteroatoms. The molecule has 0 spiro atoms. The molecule has 2 rings (SSSR count). The van der Waals surface area contributed by atoms with Gasteiger partial charge >= 0.3 is 12.0 Å². The molecule has 6 nitrogen and oxygen atoms in total. The highest BCUT2D eigenvalue weighted by Crippen LogP contribution is 2.33. The summed E-state index contributed by atoms with van der Waals surface area (Å²) in [6, 6.07) is 2.70. The number of carboxylic acids is 1. The molecule has 0 heterocycles. The average Bonchev–Trinajstić information content (AvgIpc) is 2.37. The molecule has 1 saturated carbocycles. The van der Waals surface area contributed by atoms with Crippen LogP contribution in [0, 0.1) is 6.92 Å². The Balaban J connectivity index is 2.13. The number of aliphatic carboxylic acids is 1. The van der Waals surface area contributed by atoms with Gasteiger partial charge in [-0.3, -0.25) is 0 Å². The molecule has 21 heavy (non-hydrogen) atoms. The van der Waals surface area contributed by atoms with Crippen molar-refractivity contribution in [2.45, 2.75) is 31.7 Å². The largest absolute Gasteiger partial charge is 0.495 e. The molecule has 1 aromatic carbocycles.